The standard InChI is InChI=1S/C25H21F3N4O2S.C24H20ClN3O3S.C19H28N4O.C17H15N5O.C16H15Br2N3OS/c1-13-8-17(25(26,27)28)11-18(30-13)16-10-20(35-12-16)24(2)21(22(33)32(3)23(29)31-24)15-4-5-19-14(9-15)6-7-34-19;1-24(20-11-16(12-32-20)13-3-5-17(25)18(29)10-13)21(22(30)28(2)23(26)27-24)15-4-6-19-14(9-15)7-8-31-19;1-19(13-17(24)22(2)18(20)21-19)16-9-6-11-23(14-16)12-10-15-7-4-3-5-8-15;1-17(15(23)22(2)16(19)21-17)14-5-3-4-12(7-14)13-6-11(8-18)9-20-10-13;1-16(7-14(22)21(2)15(19)20-16)13-5-10(8-23-13)9-3-11(17)6-12(18)4-9/h4-12,21H,1-3H3,(H2,29,31);3-12,21,29H,1-2H3,(H2,26,27);3-5,7-8,16H,6,9-14H2,1-2H3,(H2,20,21);3-7,9-10H,1-2H3,(H2,19,21);3-6,8H,7H2,1-2H3,(H2,19,20)/t2*21?,24-;16?,19-;;16-/m110.0/s1. The van der Waals surface area contributed by atoms with E-state index in [1.54, 1.807) is 108 Å². The lowest BCUT2D eigenvalue weighted by Crippen LogP contribution is -2.54. The van der Waals surface area contributed by atoms with E-state index in [4.69, 9.17) is 69.3 Å². The van der Waals surface area contributed by atoms with E-state index in [1.165, 1.54) is 65.9 Å². The second-order valence-electron chi connectivity index (χ2n) is 35.4. The number of pyridine rings is 2. The van der Waals surface area contributed by atoms with E-state index in [9.17, 15) is 42.3 Å². The number of hydrogen-bond acceptors (Lipinski definition) is 25. The number of hydrogen-bond donors (Lipinski definition) is 6. The first-order chi connectivity index (χ1) is 65.0. The number of nitrogens with zero attached hydrogens (tertiary/aromatic N) is 14. The van der Waals surface area contributed by atoms with Gasteiger partial charge >= 0.3 is 6.18 Å². The number of benzene rings is 6. The lowest BCUT2D eigenvalue weighted by Gasteiger charge is -2.43. The third-order valence-electron chi connectivity index (χ3n) is 25.8. The molecular formula is C101H99Br2ClF3N19O8S3. The highest BCUT2D eigenvalue weighted by molar-refractivity contribution is 9.11. The second kappa shape index (κ2) is 39.5. The molecule has 8 atom stereocenters. The molecule has 137 heavy (non-hydrogen) atoms. The normalized spacial score (nSPS) is 22.4. The van der Waals surface area contributed by atoms with Crippen LogP contribution in [0.2, 0.25) is 5.02 Å². The minimum atomic E-state index is -4.48. The van der Waals surface area contributed by atoms with Crippen molar-refractivity contribution in [2.45, 2.75) is 119 Å². The fourth-order valence-corrected chi connectivity index (χ4v) is 22.2. The molecule has 5 amide bonds. The lowest BCUT2D eigenvalue weighted by molar-refractivity contribution is -0.138. The second-order valence-corrected chi connectivity index (χ2v) is 40.4. The molecule has 13 aromatic rings. The van der Waals surface area contributed by atoms with Crippen LogP contribution >= 0.6 is 77.5 Å². The molecule has 0 radical (unpaired) electrons. The van der Waals surface area contributed by atoms with Gasteiger partial charge in [-0.05, 0) is 243 Å². The zero-order valence-corrected chi connectivity index (χ0v) is 83.0. The SMILES string of the molecule is CN1C(=O)C(C)(c2cccc(-c3cncc(C#N)c3)c2)N=C1N.CN1C(=O)C(c2ccc3occc3c2)[C@@](C)(c2cc(-c3ccc(Cl)c(O)c3)cs2)N=C1N.CN1C(=O)C[C@@](C)(C2CCCN(CCc3ccccc3)C2)N=C1N.CN1C(=O)C[C@@](C)(c2cc(-c3cc(Br)cc(Br)c3)cs2)N=C1N.Cc1cc(C(F)(F)F)cc(-c2csc([C@@]3(C)N=C(N)N(C)C(=O)C3c3ccc4occc4c3)c2)n1. The first-order valence-electron chi connectivity index (χ1n) is 43.5. The molecule has 706 valence electrons. The number of carbonyl (C=O) groups is 5. The first-order valence-corrected chi connectivity index (χ1v) is 48.2. The Labute approximate surface area is 823 Å². The zero-order valence-electron chi connectivity index (χ0n) is 76.6. The van der Waals surface area contributed by atoms with E-state index in [2.05, 4.69) is 124 Å². The summed E-state index contributed by atoms with van der Waals surface area (Å²) in [5.74, 6) is -0.251. The molecule has 0 spiro atoms. The number of likely N-dealkylation sites (tertiary alicyclic amines) is 1. The number of amides is 5. The van der Waals surface area contributed by atoms with Gasteiger partial charge in [0.1, 0.15) is 39.6 Å². The summed E-state index contributed by atoms with van der Waals surface area (Å²) in [4.78, 5) is 107. The average molecular weight is 2060 g/mol. The van der Waals surface area contributed by atoms with Crippen LogP contribution < -0.4 is 28.7 Å². The Morgan fingerprint density at radius 3 is 1.67 bits per heavy atom. The van der Waals surface area contributed by atoms with Gasteiger partial charge in [0.2, 0.25) is 23.6 Å². The van der Waals surface area contributed by atoms with Gasteiger partial charge in [0, 0.05) is 117 Å². The van der Waals surface area contributed by atoms with Gasteiger partial charge in [-0.3, -0.25) is 58.4 Å². The largest absolute Gasteiger partial charge is 0.506 e. The van der Waals surface area contributed by atoms with Gasteiger partial charge in [0.15, 0.2) is 35.3 Å². The van der Waals surface area contributed by atoms with Crippen LogP contribution in [-0.2, 0) is 58.7 Å². The Morgan fingerprint density at radius 1 is 0.555 bits per heavy atom. The van der Waals surface area contributed by atoms with Crippen molar-refractivity contribution in [1.29, 1.82) is 5.26 Å². The molecule has 11 N–H and O–H groups in total. The number of guanidine groups is 5. The molecule has 36 heteroatoms. The van der Waals surface area contributed by atoms with Crippen molar-refractivity contribution in [2.75, 3.05) is 54.9 Å². The molecular weight excluding hydrogens is 1960 g/mol. The van der Waals surface area contributed by atoms with Gasteiger partial charge in [-0.2, -0.15) is 18.4 Å². The minimum absolute atomic E-state index is 0.0137. The van der Waals surface area contributed by atoms with Gasteiger partial charge < -0.3 is 47.5 Å². The van der Waals surface area contributed by atoms with E-state index in [-0.39, 0.29) is 76.1 Å². The molecule has 4 unspecified atom stereocenters. The van der Waals surface area contributed by atoms with Crippen LogP contribution in [0.1, 0.15) is 126 Å². The van der Waals surface area contributed by atoms with Gasteiger partial charge in [0.25, 0.3) is 5.91 Å². The Bertz CT molecular complexity index is 7050. The summed E-state index contributed by atoms with van der Waals surface area (Å²) in [5, 5.41) is 26.9. The molecule has 0 bridgehead atoms. The van der Waals surface area contributed by atoms with Crippen molar-refractivity contribution in [3.8, 4) is 56.5 Å². The highest BCUT2D eigenvalue weighted by Gasteiger charge is 2.51. The third-order valence-corrected chi connectivity index (χ3v) is 30.5. The fourth-order valence-electron chi connectivity index (χ4n) is 17.7. The number of piperidine rings is 1. The Balaban J connectivity index is 0.000000132. The predicted octanol–water partition coefficient (Wildman–Crippen LogP) is 18.8. The summed E-state index contributed by atoms with van der Waals surface area (Å²) in [7, 11) is 8.17. The van der Waals surface area contributed by atoms with Crippen LogP contribution in [0.5, 0.6) is 5.75 Å². The number of aromatic nitrogens is 2. The fraction of sp³-hybridized carbons (Fsp3) is 0.277. The summed E-state index contributed by atoms with van der Waals surface area (Å²) in [6.07, 6.45) is 6.05. The topological polar surface area (TPSA) is 393 Å². The number of aryl methyl sites for hydroxylation is 1. The number of aromatic hydroxyl groups is 1. The number of halogens is 6. The van der Waals surface area contributed by atoms with Crippen LogP contribution in [0.3, 0.4) is 0 Å². The summed E-state index contributed by atoms with van der Waals surface area (Å²) in [6.45, 7) is 14.3. The maximum atomic E-state index is 13.5. The third kappa shape index (κ3) is 20.6. The molecule has 6 aliphatic heterocycles. The van der Waals surface area contributed by atoms with Crippen molar-refractivity contribution in [1.82, 2.24) is 39.4 Å². The van der Waals surface area contributed by atoms with E-state index in [1.807, 2.05) is 111 Å². The van der Waals surface area contributed by atoms with Crippen LogP contribution in [0.4, 0.5) is 13.2 Å². The smallest absolute Gasteiger partial charge is 0.416 e. The van der Waals surface area contributed by atoms with Crippen molar-refractivity contribution in [2.24, 2.45) is 59.5 Å². The Morgan fingerprint density at radius 2 is 1.10 bits per heavy atom. The van der Waals surface area contributed by atoms with E-state index in [0.717, 1.165) is 136 Å². The van der Waals surface area contributed by atoms with Crippen LogP contribution in [-0.4, -0.2) is 164 Å². The number of phenolic OH excluding ortho intramolecular Hbond substituents is 1. The van der Waals surface area contributed by atoms with Crippen LogP contribution in [0, 0.1) is 24.2 Å². The van der Waals surface area contributed by atoms with Crippen molar-refractivity contribution in [3.63, 3.8) is 0 Å². The highest BCUT2D eigenvalue weighted by atomic mass is 79.9. The van der Waals surface area contributed by atoms with Gasteiger partial charge in [0.05, 0.1) is 64.6 Å². The number of nitriles is 1. The molecule has 13 heterocycles. The summed E-state index contributed by atoms with van der Waals surface area (Å²) < 4.78 is 53.0. The molecule has 27 nitrogen and oxygen atoms in total. The Kier molecular flexibility index (Phi) is 28.3. The van der Waals surface area contributed by atoms with Crippen LogP contribution in [0.25, 0.3) is 66.6 Å². The monoisotopic (exact) mass is 2050 g/mol. The molecule has 0 saturated carbocycles. The molecule has 19 rings (SSSR count). The van der Waals surface area contributed by atoms with E-state index < -0.39 is 45.7 Å². The number of phenols is 1. The number of alkyl halides is 3. The Hall–Kier alpha value is -13.2. The summed E-state index contributed by atoms with van der Waals surface area (Å²) >= 11 is 17.4. The molecule has 1 fully saturated rings. The zero-order chi connectivity index (χ0) is 98.3. The number of carbonyl (C=O) groups excluding carboxylic acids is 5. The number of likely N-dealkylation sites (N-methyl/N-ethyl adjacent to an activating group) is 3. The number of nitrogens with two attached hydrogens (primary N) is 5. The predicted molar refractivity (Wildman–Crippen MR) is 539 cm³/mol. The number of furan rings is 2. The minimum Gasteiger partial charge on any atom is -0.506 e. The van der Waals surface area contributed by atoms with E-state index >= 15 is 0 Å². The lowest BCUT2D eigenvalue weighted by atomic mass is 9.77. The summed E-state index contributed by atoms with van der Waals surface area (Å²) in [5.41, 5.74) is 37.4. The van der Waals surface area contributed by atoms with Crippen LogP contribution in [0.15, 0.2) is 260 Å². The number of thiophene rings is 3. The molecule has 7 aromatic heterocycles. The molecule has 0 aliphatic carbocycles. The maximum absolute atomic E-state index is 13.5. The number of fused-ring (bicyclic) bond motifs is 2. The van der Waals surface area contributed by atoms with E-state index in [0.29, 0.717) is 51.3 Å². The average Bonchev–Trinajstić information content (AvgIpc) is 1.73. The summed E-state index contributed by atoms with van der Waals surface area (Å²) in [6, 6.07) is 56.0. The van der Waals surface area contributed by atoms with Gasteiger partial charge in [-0.15, -0.1) is 34.0 Å². The molecule has 1 saturated heterocycles. The van der Waals surface area contributed by atoms with Crippen molar-refractivity contribution >= 4 is 159 Å². The van der Waals surface area contributed by atoms with Crippen molar-refractivity contribution < 1.29 is 51.1 Å². The molecule has 6 aromatic carbocycles. The quantitative estimate of drug-likeness (QED) is 0.0589. The number of rotatable bonds is 14. The van der Waals surface area contributed by atoms with Gasteiger partial charge in [-0.25, -0.2) is 25.0 Å². The maximum Gasteiger partial charge on any atom is 0.416 e. The van der Waals surface area contributed by atoms with Crippen molar-refractivity contribution in [3.05, 3.63) is 285 Å². The van der Waals surface area contributed by atoms with Gasteiger partial charge in [-0.1, -0.05) is 110 Å². The first kappa shape index (κ1) is 98.3. The number of aliphatic imine (C=N–C) groups is 5. The molecule has 6 aliphatic rings. The highest BCUT2D eigenvalue weighted by Crippen LogP contribution is 2.51.